The first kappa shape index (κ1) is 20.0. The van der Waals surface area contributed by atoms with Crippen molar-refractivity contribution in [3.05, 3.63) is 68.9 Å². The number of halogens is 4. The fourth-order valence-corrected chi connectivity index (χ4v) is 3.72. The van der Waals surface area contributed by atoms with E-state index in [1.165, 1.54) is 0 Å². The normalized spacial score (nSPS) is 10.7. The number of carbonyl (C=O) groups excluding carboxylic acids is 1. The van der Waals surface area contributed by atoms with E-state index in [0.717, 1.165) is 0 Å². The second-order valence-corrected chi connectivity index (χ2v) is 7.21. The molecule has 1 aromatic heterocycles. The Labute approximate surface area is 177 Å². The lowest BCUT2D eigenvalue weighted by Gasteiger charge is -2.20. The van der Waals surface area contributed by atoms with Crippen LogP contribution in [0.2, 0.25) is 20.4 Å². The van der Waals surface area contributed by atoms with Crippen LogP contribution in [0.25, 0.3) is 22.3 Å². The van der Waals surface area contributed by atoms with Crippen molar-refractivity contribution in [2.45, 2.75) is 13.3 Å². The molecule has 27 heavy (non-hydrogen) atoms. The highest BCUT2D eigenvalue weighted by molar-refractivity contribution is 6.40. The van der Waals surface area contributed by atoms with Crippen molar-refractivity contribution in [2.24, 2.45) is 0 Å². The first-order valence-electron chi connectivity index (χ1n) is 8.12. The van der Waals surface area contributed by atoms with Gasteiger partial charge in [0.1, 0.15) is 5.15 Å². The van der Waals surface area contributed by atoms with Crippen molar-refractivity contribution in [2.75, 3.05) is 5.32 Å². The molecule has 0 unspecified atom stereocenters. The number of benzene rings is 2. The number of nitrogens with one attached hydrogen (secondary N) is 1. The molecule has 0 atom stereocenters. The summed E-state index contributed by atoms with van der Waals surface area (Å²) < 4.78 is 0. The molecule has 138 valence electrons. The average Bonchev–Trinajstić information content (AvgIpc) is 2.65. The van der Waals surface area contributed by atoms with E-state index >= 15 is 0 Å². The zero-order chi connectivity index (χ0) is 19.6. The Kier molecular flexibility index (Phi) is 6.28. The summed E-state index contributed by atoms with van der Waals surface area (Å²) in [6.45, 7) is 1.75. The summed E-state index contributed by atoms with van der Waals surface area (Å²) in [5.41, 5.74) is 2.78. The number of amides is 1. The number of hydrogen-bond acceptors (Lipinski definition) is 2. The highest BCUT2D eigenvalue weighted by atomic mass is 35.5. The summed E-state index contributed by atoms with van der Waals surface area (Å²) in [6, 6.07) is 14.5. The Bertz CT molecular complexity index is 1020. The zero-order valence-corrected chi connectivity index (χ0v) is 17.2. The predicted octanol–water partition coefficient (Wildman–Crippen LogP) is 7.38. The third-order valence-corrected chi connectivity index (χ3v) is 5.19. The van der Waals surface area contributed by atoms with Gasteiger partial charge in [0.2, 0.25) is 5.91 Å². The van der Waals surface area contributed by atoms with E-state index in [0.29, 0.717) is 38.0 Å². The lowest BCUT2D eigenvalue weighted by atomic mass is 9.94. The summed E-state index contributed by atoms with van der Waals surface area (Å²) in [4.78, 5) is 16.3. The topological polar surface area (TPSA) is 42.0 Å². The van der Waals surface area contributed by atoms with Crippen LogP contribution < -0.4 is 5.32 Å². The molecule has 2 aromatic carbocycles. The van der Waals surface area contributed by atoms with Crippen LogP contribution in [-0.4, -0.2) is 10.9 Å². The van der Waals surface area contributed by atoms with Crippen LogP contribution in [0.3, 0.4) is 0 Å². The minimum atomic E-state index is -0.209. The van der Waals surface area contributed by atoms with Gasteiger partial charge in [0, 0.05) is 38.7 Å². The Morgan fingerprint density at radius 1 is 0.852 bits per heavy atom. The predicted molar refractivity (Wildman–Crippen MR) is 114 cm³/mol. The third kappa shape index (κ3) is 4.07. The Morgan fingerprint density at radius 2 is 1.37 bits per heavy atom. The highest BCUT2D eigenvalue weighted by Crippen LogP contribution is 2.47. The molecule has 0 fully saturated rings. The molecule has 1 N–H and O–H groups in total. The molecule has 3 nitrogen and oxygen atoms in total. The fourth-order valence-electron chi connectivity index (χ4n) is 2.71. The lowest BCUT2D eigenvalue weighted by molar-refractivity contribution is -0.115. The van der Waals surface area contributed by atoms with E-state index in [-0.39, 0.29) is 22.6 Å². The van der Waals surface area contributed by atoms with Crippen LogP contribution in [0, 0.1) is 0 Å². The van der Waals surface area contributed by atoms with Gasteiger partial charge in [0.05, 0.1) is 5.69 Å². The highest BCUT2D eigenvalue weighted by Gasteiger charge is 2.24. The van der Waals surface area contributed by atoms with Gasteiger partial charge in [-0.1, -0.05) is 89.7 Å². The molecular formula is C20H14Cl4N2O. The number of rotatable bonds is 4. The van der Waals surface area contributed by atoms with Gasteiger partial charge in [-0.15, -0.1) is 0 Å². The number of hydrogen-bond donors (Lipinski definition) is 1. The smallest absolute Gasteiger partial charge is 0.224 e. The Balaban J connectivity index is 2.43. The summed E-state index contributed by atoms with van der Waals surface area (Å²) in [6.07, 6.45) is 0.280. The fraction of sp³-hybridized carbons (Fsp3) is 0.100. The van der Waals surface area contributed by atoms with E-state index in [2.05, 4.69) is 10.3 Å². The maximum absolute atomic E-state index is 12.1. The summed E-state index contributed by atoms with van der Waals surface area (Å²) in [7, 11) is 0. The molecular weight excluding hydrogens is 426 g/mol. The van der Waals surface area contributed by atoms with Crippen LogP contribution in [0.1, 0.15) is 13.3 Å². The summed E-state index contributed by atoms with van der Waals surface area (Å²) in [5.74, 6) is -0.209. The second-order valence-electron chi connectivity index (χ2n) is 5.68. The van der Waals surface area contributed by atoms with Gasteiger partial charge in [0.25, 0.3) is 0 Å². The third-order valence-electron chi connectivity index (χ3n) is 3.98. The number of anilines is 1. The maximum Gasteiger partial charge on any atom is 0.224 e. The first-order chi connectivity index (χ1) is 12.9. The van der Waals surface area contributed by atoms with Gasteiger partial charge in [-0.05, 0) is 12.1 Å². The largest absolute Gasteiger partial charge is 0.323 e. The monoisotopic (exact) mass is 438 g/mol. The van der Waals surface area contributed by atoms with E-state index < -0.39 is 0 Å². The van der Waals surface area contributed by atoms with E-state index in [4.69, 9.17) is 46.4 Å². The molecule has 0 aliphatic heterocycles. The van der Waals surface area contributed by atoms with Crippen LogP contribution in [0.5, 0.6) is 0 Å². The van der Waals surface area contributed by atoms with Crippen molar-refractivity contribution in [1.29, 1.82) is 0 Å². The van der Waals surface area contributed by atoms with Crippen LogP contribution in [0.4, 0.5) is 5.69 Å². The van der Waals surface area contributed by atoms with Crippen molar-refractivity contribution >= 4 is 58.0 Å². The number of nitrogens with zero attached hydrogens (tertiary/aromatic N) is 1. The molecule has 0 bridgehead atoms. The summed E-state index contributed by atoms with van der Waals surface area (Å²) in [5, 5.41) is 4.03. The number of carbonyl (C=O) groups is 1. The van der Waals surface area contributed by atoms with Crippen molar-refractivity contribution in [3.63, 3.8) is 0 Å². The average molecular weight is 440 g/mol. The van der Waals surface area contributed by atoms with Crippen LogP contribution in [-0.2, 0) is 4.79 Å². The molecule has 0 aliphatic carbocycles. The van der Waals surface area contributed by atoms with Crippen molar-refractivity contribution in [3.8, 4) is 22.3 Å². The summed E-state index contributed by atoms with van der Waals surface area (Å²) >= 11 is 25.7. The molecule has 0 saturated heterocycles. The van der Waals surface area contributed by atoms with Gasteiger partial charge in [-0.25, -0.2) is 4.98 Å². The first-order valence-corrected chi connectivity index (χ1v) is 9.63. The minimum Gasteiger partial charge on any atom is -0.323 e. The molecule has 0 radical (unpaired) electrons. The van der Waals surface area contributed by atoms with Crippen LogP contribution >= 0.6 is 46.4 Å². The van der Waals surface area contributed by atoms with Gasteiger partial charge < -0.3 is 5.32 Å². The van der Waals surface area contributed by atoms with Gasteiger partial charge in [-0.2, -0.15) is 0 Å². The van der Waals surface area contributed by atoms with Crippen LogP contribution in [0.15, 0.2) is 48.5 Å². The molecule has 1 heterocycles. The second kappa shape index (κ2) is 8.49. The molecule has 1 amide bonds. The van der Waals surface area contributed by atoms with Gasteiger partial charge in [0.15, 0.2) is 5.15 Å². The van der Waals surface area contributed by atoms with Crippen molar-refractivity contribution < 1.29 is 4.79 Å². The Hall–Kier alpha value is -1.78. The Morgan fingerprint density at radius 3 is 1.89 bits per heavy atom. The molecule has 0 saturated carbocycles. The zero-order valence-electron chi connectivity index (χ0n) is 14.2. The number of pyridine rings is 1. The van der Waals surface area contributed by atoms with Gasteiger partial charge >= 0.3 is 0 Å². The molecule has 0 aliphatic rings. The van der Waals surface area contributed by atoms with E-state index in [1.807, 2.05) is 36.4 Å². The SMILES string of the molecule is CCC(=O)Nc1c(Cl)nc(Cl)c(-c2ccccc2Cl)c1-c1ccccc1Cl. The molecule has 3 aromatic rings. The van der Waals surface area contributed by atoms with E-state index in [9.17, 15) is 4.79 Å². The quantitative estimate of drug-likeness (QED) is 0.431. The minimum absolute atomic E-state index is 0.0764. The maximum atomic E-state index is 12.1. The number of aromatic nitrogens is 1. The van der Waals surface area contributed by atoms with Crippen molar-refractivity contribution in [1.82, 2.24) is 4.98 Å². The lowest BCUT2D eigenvalue weighted by Crippen LogP contribution is -2.12. The van der Waals surface area contributed by atoms with Gasteiger partial charge in [-0.3, -0.25) is 4.79 Å². The molecule has 0 spiro atoms. The molecule has 7 heteroatoms. The van der Waals surface area contributed by atoms with E-state index in [1.54, 1.807) is 19.1 Å². The molecule has 3 rings (SSSR count). The standard InChI is InChI=1S/C20H14Cl4N2O/c1-2-15(27)25-18-16(11-7-3-5-9-13(11)21)17(19(23)26-20(18)24)12-8-4-6-10-14(12)22/h3-10H,2H2,1H3,(H,25,27).